The Hall–Kier alpha value is -2.91. The van der Waals surface area contributed by atoms with Gasteiger partial charge in [0.1, 0.15) is 0 Å². The van der Waals surface area contributed by atoms with Crippen molar-refractivity contribution >= 4 is 35.0 Å². The first-order chi connectivity index (χ1) is 10.7. The van der Waals surface area contributed by atoms with E-state index < -0.39 is 11.9 Å². The van der Waals surface area contributed by atoms with Crippen molar-refractivity contribution in [3.05, 3.63) is 58.3 Å². The third kappa shape index (κ3) is 4.89. The molecule has 0 saturated carbocycles. The van der Waals surface area contributed by atoms with Gasteiger partial charge in [0.05, 0.1) is 11.6 Å². The third-order valence-electron chi connectivity index (χ3n) is 2.58. The van der Waals surface area contributed by atoms with Gasteiger partial charge in [-0.1, -0.05) is 6.07 Å². The van der Waals surface area contributed by atoms with E-state index in [0.29, 0.717) is 11.3 Å². The normalized spacial score (nSPS) is 10.1. The average molecular weight is 312 g/mol. The van der Waals surface area contributed by atoms with Crippen LogP contribution in [-0.4, -0.2) is 18.5 Å². The average Bonchev–Trinajstić information content (AvgIpc) is 3.04. The van der Waals surface area contributed by atoms with E-state index in [1.165, 1.54) is 23.5 Å². The lowest BCUT2D eigenvalue weighted by molar-refractivity contribution is -0.142. The molecule has 6 heteroatoms. The molecular weight excluding hydrogens is 300 g/mol. The minimum absolute atomic E-state index is 0.385. The fraction of sp³-hybridized carbons (Fsp3) is 0.0625. The molecule has 0 bridgehead atoms. The zero-order chi connectivity index (χ0) is 15.8. The first kappa shape index (κ1) is 15.5. The van der Waals surface area contributed by atoms with E-state index in [9.17, 15) is 9.59 Å². The van der Waals surface area contributed by atoms with Gasteiger partial charge in [0, 0.05) is 11.8 Å². The molecule has 0 atom stereocenters. The molecule has 2 rings (SSSR count). The summed E-state index contributed by atoms with van der Waals surface area (Å²) in [6, 6.07) is 10.3. The fourth-order valence-corrected chi connectivity index (χ4v) is 2.21. The monoisotopic (exact) mass is 312 g/mol. The molecule has 1 aromatic carbocycles. The molecule has 0 aliphatic heterocycles. The number of nitriles is 1. The smallest absolute Gasteiger partial charge is 0.331 e. The van der Waals surface area contributed by atoms with Crippen molar-refractivity contribution < 1.29 is 14.3 Å². The molecular formula is C16H12N2O3S. The van der Waals surface area contributed by atoms with Crippen LogP contribution in [0.3, 0.4) is 0 Å². The van der Waals surface area contributed by atoms with Crippen LogP contribution in [-0.2, 0) is 14.3 Å². The summed E-state index contributed by atoms with van der Waals surface area (Å²) in [4.78, 5) is 23.1. The lowest BCUT2D eigenvalue weighted by Gasteiger charge is -2.05. The number of thiophene rings is 1. The maximum atomic E-state index is 11.7. The largest absolute Gasteiger partial charge is 0.452 e. The van der Waals surface area contributed by atoms with Crippen molar-refractivity contribution in [2.75, 3.05) is 11.9 Å². The Morgan fingerprint density at radius 3 is 2.95 bits per heavy atom. The van der Waals surface area contributed by atoms with Gasteiger partial charge >= 0.3 is 5.97 Å². The summed E-state index contributed by atoms with van der Waals surface area (Å²) >= 11 is 1.52. The molecule has 1 amide bonds. The maximum absolute atomic E-state index is 11.7. The Balaban J connectivity index is 1.80. The Kier molecular flexibility index (Phi) is 5.46. The number of benzene rings is 1. The van der Waals surface area contributed by atoms with Crippen LogP contribution in [0.2, 0.25) is 0 Å². The molecule has 22 heavy (non-hydrogen) atoms. The quantitative estimate of drug-likeness (QED) is 0.680. The van der Waals surface area contributed by atoms with E-state index in [4.69, 9.17) is 10.00 Å². The molecule has 0 spiro atoms. The highest BCUT2D eigenvalue weighted by atomic mass is 32.1. The summed E-state index contributed by atoms with van der Waals surface area (Å²) in [6.45, 7) is -0.385. The van der Waals surface area contributed by atoms with Crippen molar-refractivity contribution in [1.82, 2.24) is 0 Å². The van der Waals surface area contributed by atoms with E-state index in [1.54, 1.807) is 24.3 Å². The van der Waals surface area contributed by atoms with Crippen LogP contribution in [0.25, 0.3) is 6.08 Å². The zero-order valence-electron chi connectivity index (χ0n) is 11.5. The summed E-state index contributed by atoms with van der Waals surface area (Å²) in [6.07, 6.45) is 2.89. The van der Waals surface area contributed by atoms with Gasteiger partial charge in [-0.2, -0.15) is 16.6 Å². The summed E-state index contributed by atoms with van der Waals surface area (Å²) in [5, 5.41) is 15.1. The van der Waals surface area contributed by atoms with Gasteiger partial charge in [-0.3, -0.25) is 4.79 Å². The van der Waals surface area contributed by atoms with E-state index >= 15 is 0 Å². The van der Waals surface area contributed by atoms with Gasteiger partial charge in [-0.15, -0.1) is 0 Å². The number of hydrogen-bond acceptors (Lipinski definition) is 5. The minimum Gasteiger partial charge on any atom is -0.452 e. The molecule has 110 valence electrons. The van der Waals surface area contributed by atoms with Crippen LogP contribution in [0, 0.1) is 11.3 Å². The maximum Gasteiger partial charge on any atom is 0.331 e. The lowest BCUT2D eigenvalue weighted by Crippen LogP contribution is -2.20. The molecule has 1 heterocycles. The Morgan fingerprint density at radius 1 is 1.36 bits per heavy atom. The van der Waals surface area contributed by atoms with E-state index in [1.807, 2.05) is 22.9 Å². The first-order valence-electron chi connectivity index (χ1n) is 6.34. The molecule has 5 nitrogen and oxygen atoms in total. The van der Waals surface area contributed by atoms with Gasteiger partial charge < -0.3 is 10.1 Å². The molecule has 0 saturated heterocycles. The van der Waals surface area contributed by atoms with Crippen molar-refractivity contribution in [3.63, 3.8) is 0 Å². The standard InChI is InChI=1S/C16H12N2O3S/c17-9-13-2-1-3-14(8-13)18-15(19)10-21-16(20)5-4-12-6-7-22-11-12/h1-8,11H,10H2,(H,18,19)/b5-4+. The minimum atomic E-state index is -0.591. The van der Waals surface area contributed by atoms with E-state index in [2.05, 4.69) is 5.32 Å². The van der Waals surface area contributed by atoms with Crippen LogP contribution in [0.1, 0.15) is 11.1 Å². The fourth-order valence-electron chi connectivity index (χ4n) is 1.58. The van der Waals surface area contributed by atoms with Crippen LogP contribution < -0.4 is 5.32 Å². The number of nitrogens with zero attached hydrogens (tertiary/aromatic N) is 1. The van der Waals surface area contributed by atoms with Crippen molar-refractivity contribution in [2.24, 2.45) is 0 Å². The number of ether oxygens (including phenoxy) is 1. The van der Waals surface area contributed by atoms with E-state index in [0.717, 1.165) is 5.56 Å². The molecule has 1 N–H and O–H groups in total. The number of rotatable bonds is 5. The molecule has 0 unspecified atom stereocenters. The molecule has 2 aromatic rings. The second-order valence-electron chi connectivity index (χ2n) is 4.24. The second-order valence-corrected chi connectivity index (χ2v) is 5.02. The Bertz CT molecular complexity index is 730. The van der Waals surface area contributed by atoms with Gasteiger partial charge in [0.15, 0.2) is 6.61 Å². The molecule has 0 fully saturated rings. The number of esters is 1. The molecule has 0 radical (unpaired) electrons. The Labute approximate surface area is 131 Å². The number of anilines is 1. The summed E-state index contributed by atoms with van der Waals surface area (Å²) in [5.41, 5.74) is 1.82. The van der Waals surface area contributed by atoms with E-state index in [-0.39, 0.29) is 6.61 Å². The third-order valence-corrected chi connectivity index (χ3v) is 3.28. The second kappa shape index (κ2) is 7.76. The number of carbonyl (C=O) groups excluding carboxylic acids is 2. The van der Waals surface area contributed by atoms with Crippen molar-refractivity contribution in [2.45, 2.75) is 0 Å². The van der Waals surface area contributed by atoms with Crippen LogP contribution in [0.15, 0.2) is 47.2 Å². The van der Waals surface area contributed by atoms with Crippen molar-refractivity contribution in [3.8, 4) is 6.07 Å². The van der Waals surface area contributed by atoms with Crippen LogP contribution in [0.4, 0.5) is 5.69 Å². The van der Waals surface area contributed by atoms with Gasteiger partial charge in [0.25, 0.3) is 5.91 Å². The highest BCUT2D eigenvalue weighted by molar-refractivity contribution is 7.08. The number of carbonyl (C=O) groups is 2. The number of amides is 1. The lowest BCUT2D eigenvalue weighted by atomic mass is 10.2. The van der Waals surface area contributed by atoms with Gasteiger partial charge in [-0.25, -0.2) is 4.79 Å². The number of hydrogen-bond donors (Lipinski definition) is 1. The Morgan fingerprint density at radius 2 is 2.23 bits per heavy atom. The van der Waals surface area contributed by atoms with Gasteiger partial charge in [0.2, 0.25) is 0 Å². The first-order valence-corrected chi connectivity index (χ1v) is 7.29. The SMILES string of the molecule is N#Cc1cccc(NC(=O)COC(=O)/C=C/c2ccsc2)c1. The van der Waals surface area contributed by atoms with Crippen LogP contribution >= 0.6 is 11.3 Å². The number of nitrogens with one attached hydrogen (secondary N) is 1. The van der Waals surface area contributed by atoms with Gasteiger partial charge in [-0.05, 0) is 46.7 Å². The highest BCUT2D eigenvalue weighted by Crippen LogP contribution is 2.10. The van der Waals surface area contributed by atoms with Crippen molar-refractivity contribution in [1.29, 1.82) is 5.26 Å². The molecule has 1 aromatic heterocycles. The van der Waals surface area contributed by atoms with Crippen LogP contribution in [0.5, 0.6) is 0 Å². The highest BCUT2D eigenvalue weighted by Gasteiger charge is 2.06. The summed E-state index contributed by atoms with van der Waals surface area (Å²) < 4.78 is 4.83. The predicted molar refractivity (Wildman–Crippen MR) is 84.1 cm³/mol. The topological polar surface area (TPSA) is 79.2 Å². The predicted octanol–water partition coefficient (Wildman–Crippen LogP) is 2.81. The molecule has 0 aliphatic carbocycles. The zero-order valence-corrected chi connectivity index (χ0v) is 12.3. The molecule has 0 aliphatic rings. The summed E-state index contributed by atoms with van der Waals surface area (Å²) in [5.74, 6) is -1.06. The summed E-state index contributed by atoms with van der Waals surface area (Å²) in [7, 11) is 0.